The van der Waals surface area contributed by atoms with E-state index >= 15 is 0 Å². The third-order valence-electron chi connectivity index (χ3n) is 4.64. The van der Waals surface area contributed by atoms with E-state index in [1.54, 1.807) is 0 Å². The Morgan fingerprint density at radius 2 is 1.69 bits per heavy atom. The summed E-state index contributed by atoms with van der Waals surface area (Å²) in [6.45, 7) is 4.71. The zero-order valence-electron chi connectivity index (χ0n) is 9.87. The van der Waals surface area contributed by atoms with E-state index in [0.717, 1.165) is 0 Å². The second-order valence-corrected chi connectivity index (χ2v) is 5.49. The Hall–Kier alpha value is -1.18. The Balaban J connectivity index is 1.94. The van der Waals surface area contributed by atoms with Crippen molar-refractivity contribution < 1.29 is 0 Å². The fraction of sp³-hybridized carbons (Fsp3) is 0.571. The van der Waals surface area contributed by atoms with Gasteiger partial charge in [0.25, 0.3) is 0 Å². The first kappa shape index (κ1) is 8.91. The van der Waals surface area contributed by atoms with Crippen LogP contribution in [0.3, 0.4) is 0 Å². The maximum atomic E-state index is 2.68. The van der Waals surface area contributed by atoms with Crippen molar-refractivity contribution in [3.8, 4) is 0 Å². The molecule has 1 aromatic rings. The van der Waals surface area contributed by atoms with Gasteiger partial charge in [-0.15, -0.1) is 0 Å². The second-order valence-electron chi connectivity index (χ2n) is 5.49. The lowest BCUT2D eigenvalue weighted by molar-refractivity contribution is 0.461. The molecule has 3 aliphatic heterocycles. The number of hydrogen-bond acceptors (Lipinski definition) is 2. The van der Waals surface area contributed by atoms with Crippen LogP contribution in [0.25, 0.3) is 0 Å². The summed E-state index contributed by atoms with van der Waals surface area (Å²) in [6, 6.07) is 6.96. The number of fused-ring (bicyclic) bond motifs is 3. The topological polar surface area (TPSA) is 6.48 Å². The maximum absolute atomic E-state index is 2.68. The van der Waals surface area contributed by atoms with Crippen molar-refractivity contribution in [2.24, 2.45) is 0 Å². The molecule has 3 heterocycles. The van der Waals surface area contributed by atoms with Gasteiger partial charge in [0.2, 0.25) is 0 Å². The van der Waals surface area contributed by atoms with Gasteiger partial charge >= 0.3 is 0 Å². The van der Waals surface area contributed by atoms with Crippen molar-refractivity contribution in [1.29, 1.82) is 0 Å². The average Bonchev–Trinajstić information content (AvgIpc) is 2.90. The van der Waals surface area contributed by atoms with E-state index in [-0.39, 0.29) is 0 Å². The van der Waals surface area contributed by atoms with Crippen LogP contribution >= 0.6 is 0 Å². The molecule has 1 atom stereocenters. The molecule has 2 heteroatoms. The van der Waals surface area contributed by atoms with Crippen molar-refractivity contribution in [3.63, 3.8) is 0 Å². The highest BCUT2D eigenvalue weighted by Crippen LogP contribution is 2.54. The van der Waals surface area contributed by atoms with Gasteiger partial charge in [0.05, 0.1) is 11.4 Å². The number of aryl methyl sites for hydroxylation is 1. The lowest BCUT2D eigenvalue weighted by Gasteiger charge is -2.36. The van der Waals surface area contributed by atoms with Crippen LogP contribution in [0.2, 0.25) is 0 Å². The molecule has 2 saturated heterocycles. The molecule has 2 nitrogen and oxygen atoms in total. The first-order valence-corrected chi connectivity index (χ1v) is 6.47. The molecule has 1 unspecified atom stereocenters. The van der Waals surface area contributed by atoms with Gasteiger partial charge in [0.1, 0.15) is 5.66 Å². The van der Waals surface area contributed by atoms with Gasteiger partial charge in [0.15, 0.2) is 0 Å². The van der Waals surface area contributed by atoms with E-state index < -0.39 is 0 Å². The Morgan fingerprint density at radius 3 is 2.44 bits per heavy atom. The SMILES string of the molecule is Cc1ccc2c(c1)N1CCCC13CCCN23. The third-order valence-corrected chi connectivity index (χ3v) is 4.64. The molecule has 0 amide bonds. The summed E-state index contributed by atoms with van der Waals surface area (Å²) in [4.78, 5) is 5.36. The number of benzene rings is 1. The van der Waals surface area contributed by atoms with Crippen molar-refractivity contribution in [2.45, 2.75) is 38.3 Å². The first-order chi connectivity index (χ1) is 7.81. The molecular formula is C14H18N2. The number of hydrogen-bond donors (Lipinski definition) is 0. The van der Waals surface area contributed by atoms with Crippen LogP contribution < -0.4 is 9.80 Å². The summed E-state index contributed by atoms with van der Waals surface area (Å²) in [5.41, 5.74) is 4.76. The molecule has 0 bridgehead atoms. The Kier molecular flexibility index (Phi) is 1.52. The van der Waals surface area contributed by atoms with Crippen molar-refractivity contribution >= 4 is 11.4 Å². The van der Waals surface area contributed by atoms with Gasteiger partial charge in [0, 0.05) is 13.1 Å². The number of rotatable bonds is 0. The molecular weight excluding hydrogens is 196 g/mol. The molecule has 2 fully saturated rings. The highest BCUT2D eigenvalue weighted by Gasteiger charge is 2.54. The molecule has 16 heavy (non-hydrogen) atoms. The smallest absolute Gasteiger partial charge is 0.113 e. The van der Waals surface area contributed by atoms with E-state index in [0.29, 0.717) is 5.66 Å². The van der Waals surface area contributed by atoms with E-state index in [1.807, 2.05) is 0 Å². The first-order valence-electron chi connectivity index (χ1n) is 6.47. The van der Waals surface area contributed by atoms with Crippen molar-refractivity contribution in [2.75, 3.05) is 22.9 Å². The maximum Gasteiger partial charge on any atom is 0.113 e. The molecule has 0 aromatic heterocycles. The van der Waals surface area contributed by atoms with E-state index in [4.69, 9.17) is 0 Å². The monoisotopic (exact) mass is 214 g/mol. The van der Waals surface area contributed by atoms with Crippen LogP contribution in [0.15, 0.2) is 18.2 Å². The Bertz CT molecular complexity index is 450. The van der Waals surface area contributed by atoms with Crippen LogP contribution in [-0.2, 0) is 0 Å². The van der Waals surface area contributed by atoms with Gasteiger partial charge in [-0.25, -0.2) is 0 Å². The Labute approximate surface area is 96.9 Å². The molecule has 0 aliphatic carbocycles. The predicted octanol–water partition coefficient (Wildman–Crippen LogP) is 2.91. The fourth-order valence-electron chi connectivity index (χ4n) is 4.03. The lowest BCUT2D eigenvalue weighted by atomic mass is 10.1. The second kappa shape index (κ2) is 2.73. The van der Waals surface area contributed by atoms with Gasteiger partial charge in [-0.1, -0.05) is 6.07 Å². The van der Waals surface area contributed by atoms with Gasteiger partial charge < -0.3 is 9.80 Å². The van der Waals surface area contributed by atoms with Crippen molar-refractivity contribution in [1.82, 2.24) is 0 Å². The molecule has 84 valence electrons. The van der Waals surface area contributed by atoms with Gasteiger partial charge in [-0.3, -0.25) is 0 Å². The van der Waals surface area contributed by atoms with Crippen LogP contribution in [0, 0.1) is 6.92 Å². The van der Waals surface area contributed by atoms with Crippen LogP contribution in [-0.4, -0.2) is 18.8 Å². The zero-order chi connectivity index (χ0) is 10.8. The van der Waals surface area contributed by atoms with E-state index in [2.05, 4.69) is 34.9 Å². The standard InChI is InChI=1S/C14H18N2/c1-11-4-5-12-13(10-11)16-9-3-7-14(16)6-2-8-15(12)14/h4-5,10H,2-3,6-9H2,1H3. The molecule has 0 radical (unpaired) electrons. The van der Waals surface area contributed by atoms with Gasteiger partial charge in [-0.2, -0.15) is 0 Å². The quantitative estimate of drug-likeness (QED) is 0.655. The summed E-state index contributed by atoms with van der Waals surface area (Å²) < 4.78 is 0. The van der Waals surface area contributed by atoms with E-state index in [1.165, 1.54) is 55.7 Å². The molecule has 0 N–H and O–H groups in total. The number of nitrogens with zero attached hydrogens (tertiary/aromatic N) is 2. The minimum Gasteiger partial charge on any atom is -0.347 e. The largest absolute Gasteiger partial charge is 0.347 e. The molecule has 0 saturated carbocycles. The van der Waals surface area contributed by atoms with E-state index in [9.17, 15) is 0 Å². The van der Waals surface area contributed by atoms with Crippen LogP contribution in [0.5, 0.6) is 0 Å². The molecule has 3 aliphatic rings. The summed E-state index contributed by atoms with van der Waals surface area (Å²) >= 11 is 0. The minimum atomic E-state index is 0.385. The fourth-order valence-corrected chi connectivity index (χ4v) is 4.03. The zero-order valence-corrected chi connectivity index (χ0v) is 9.87. The summed E-state index contributed by atoms with van der Waals surface area (Å²) in [6.07, 6.45) is 5.45. The van der Waals surface area contributed by atoms with Crippen LogP contribution in [0.4, 0.5) is 11.4 Å². The Morgan fingerprint density at radius 1 is 1.00 bits per heavy atom. The van der Waals surface area contributed by atoms with Crippen molar-refractivity contribution in [3.05, 3.63) is 23.8 Å². The summed E-state index contributed by atoms with van der Waals surface area (Å²) in [7, 11) is 0. The van der Waals surface area contributed by atoms with Gasteiger partial charge in [-0.05, 0) is 50.3 Å². The third kappa shape index (κ3) is 0.853. The molecule has 4 rings (SSSR count). The molecule has 1 spiro atoms. The summed E-state index contributed by atoms with van der Waals surface area (Å²) in [5.74, 6) is 0. The normalized spacial score (nSPS) is 30.6. The summed E-state index contributed by atoms with van der Waals surface area (Å²) in [5, 5.41) is 0. The lowest BCUT2D eigenvalue weighted by Crippen LogP contribution is -2.49. The minimum absolute atomic E-state index is 0.385. The van der Waals surface area contributed by atoms with Crippen LogP contribution in [0.1, 0.15) is 31.2 Å². The predicted molar refractivity (Wildman–Crippen MR) is 67.1 cm³/mol. The highest BCUT2D eigenvalue weighted by atomic mass is 15.5. The number of anilines is 2. The highest BCUT2D eigenvalue weighted by molar-refractivity contribution is 5.81. The molecule has 1 aromatic carbocycles. The average molecular weight is 214 g/mol.